The third-order valence-corrected chi connectivity index (χ3v) is 11.8. The highest BCUT2D eigenvalue weighted by Crippen LogP contribution is 2.51. The number of aromatic nitrogens is 1. The highest BCUT2D eigenvalue weighted by molar-refractivity contribution is 7.89. The smallest absolute Gasteiger partial charge is 0.407 e. The third-order valence-electron chi connectivity index (χ3n) is 8.82. The molecule has 10 nitrogen and oxygen atoms in total. The summed E-state index contributed by atoms with van der Waals surface area (Å²) in [5, 5.41) is 9.90. The Morgan fingerprint density at radius 2 is 1.79 bits per heavy atom. The number of sulfonamides is 1. The van der Waals surface area contributed by atoms with Crippen LogP contribution in [0.1, 0.15) is 103 Å². The van der Waals surface area contributed by atoms with Gasteiger partial charge in [0.05, 0.1) is 26.9 Å². The Kier molecular flexibility index (Phi) is 10.3. The van der Waals surface area contributed by atoms with Gasteiger partial charge in [0.15, 0.2) is 0 Å². The summed E-state index contributed by atoms with van der Waals surface area (Å²) < 4.78 is 35.7. The Balaban J connectivity index is 1.38. The molecule has 47 heavy (non-hydrogen) atoms. The molecular formula is C35H47N5O5S2. The van der Waals surface area contributed by atoms with E-state index in [4.69, 9.17) is 9.72 Å². The fourth-order valence-electron chi connectivity index (χ4n) is 6.86. The topological polar surface area (TPSA) is 139 Å². The molecule has 2 bridgehead atoms. The monoisotopic (exact) mass is 681 g/mol. The Morgan fingerprint density at radius 3 is 2.49 bits per heavy atom. The average molecular weight is 682 g/mol. The van der Waals surface area contributed by atoms with Gasteiger partial charge in [-0.05, 0) is 97.3 Å². The number of ether oxygens (including phenoxy) is 1. The van der Waals surface area contributed by atoms with E-state index in [1.165, 1.54) is 17.4 Å². The molecule has 2 aliphatic rings. The molecule has 3 amide bonds. The maximum Gasteiger partial charge on any atom is 0.407 e. The van der Waals surface area contributed by atoms with E-state index in [1.54, 1.807) is 39.1 Å². The number of alkyl carbamates (subject to hydrolysis) is 1. The van der Waals surface area contributed by atoms with E-state index in [9.17, 15) is 18.0 Å². The van der Waals surface area contributed by atoms with Crippen LogP contribution in [0.2, 0.25) is 0 Å². The van der Waals surface area contributed by atoms with Crippen LogP contribution in [-0.4, -0.2) is 42.7 Å². The molecule has 3 unspecified atom stereocenters. The van der Waals surface area contributed by atoms with Gasteiger partial charge < -0.3 is 20.7 Å². The third kappa shape index (κ3) is 8.71. The minimum Gasteiger partial charge on any atom is -0.447 e. The van der Waals surface area contributed by atoms with Crippen molar-refractivity contribution in [3.63, 3.8) is 0 Å². The lowest BCUT2D eigenvalue weighted by atomic mass is 9.63. The second-order valence-electron chi connectivity index (χ2n) is 14.2. The average Bonchev–Trinajstić information content (AvgIpc) is 3.45. The predicted molar refractivity (Wildman–Crippen MR) is 186 cm³/mol. The molecule has 2 fully saturated rings. The van der Waals surface area contributed by atoms with Gasteiger partial charge in [-0.25, -0.2) is 27.7 Å². The van der Waals surface area contributed by atoms with Gasteiger partial charge in [-0.3, -0.25) is 0 Å². The molecule has 0 radical (unpaired) electrons. The Labute approximate surface area is 282 Å². The molecule has 4 N–H and O–H groups in total. The van der Waals surface area contributed by atoms with Crippen molar-refractivity contribution in [2.45, 2.75) is 114 Å². The molecule has 254 valence electrons. The number of nitrogens with zero attached hydrogens (tertiary/aromatic N) is 1. The van der Waals surface area contributed by atoms with Crippen LogP contribution in [0.4, 0.5) is 15.3 Å². The van der Waals surface area contributed by atoms with E-state index in [2.05, 4.69) is 20.7 Å². The number of hydrogen-bond acceptors (Lipinski definition) is 7. The number of benzene rings is 2. The van der Waals surface area contributed by atoms with Crippen molar-refractivity contribution in [3.8, 4) is 10.4 Å². The first kappa shape index (κ1) is 34.8. The van der Waals surface area contributed by atoms with Gasteiger partial charge in [-0.2, -0.15) is 0 Å². The van der Waals surface area contributed by atoms with Gasteiger partial charge >= 0.3 is 12.1 Å². The van der Waals surface area contributed by atoms with Crippen molar-refractivity contribution in [2.24, 2.45) is 5.92 Å². The Bertz CT molecular complexity index is 1690. The van der Waals surface area contributed by atoms with Gasteiger partial charge in [-0.1, -0.05) is 42.8 Å². The van der Waals surface area contributed by atoms with Crippen LogP contribution in [0.3, 0.4) is 0 Å². The van der Waals surface area contributed by atoms with Crippen molar-refractivity contribution in [1.29, 1.82) is 0 Å². The van der Waals surface area contributed by atoms with Gasteiger partial charge in [0.25, 0.3) is 0 Å². The zero-order valence-corrected chi connectivity index (χ0v) is 29.7. The fraction of sp³-hybridized carbons (Fsp3) is 0.514. The predicted octanol–water partition coefficient (Wildman–Crippen LogP) is 7.71. The number of carbonyl (C=O) groups excluding carboxylic acids is 2. The van der Waals surface area contributed by atoms with E-state index >= 15 is 0 Å². The summed E-state index contributed by atoms with van der Waals surface area (Å²) in [4.78, 5) is 31.0. The van der Waals surface area contributed by atoms with Crippen LogP contribution in [0.5, 0.6) is 0 Å². The lowest BCUT2D eigenvalue weighted by Gasteiger charge is -2.48. The number of carbonyl (C=O) groups is 2. The first-order valence-corrected chi connectivity index (χ1v) is 18.7. The largest absolute Gasteiger partial charge is 0.447 e. The standard InChI is InChI=1S/C35H47N5O5S2/c1-22(2)45-33(42)39-35-17-10-13-25(20-35)27(16-18-35)31-36-21-29(46-31)28-15-14-26(19-30(28)47(43,44)40-34(4,5)6)38-32(41)37-23(3)24-11-8-7-9-12-24/h7-9,11-12,14-15,19,21-23,25,27,40H,10,13,16-18,20H2,1-6H3,(H,39,42)(H2,37,38,41)/t23-,25?,27?,35?/m1/s1. The summed E-state index contributed by atoms with van der Waals surface area (Å²) in [6.07, 6.45) is 6.86. The molecular weight excluding hydrogens is 635 g/mol. The number of fused-ring (bicyclic) bond motifs is 2. The molecule has 1 heterocycles. The van der Waals surface area contributed by atoms with Crippen LogP contribution in [-0.2, 0) is 14.8 Å². The zero-order chi connectivity index (χ0) is 34.0. The maximum atomic E-state index is 13.8. The van der Waals surface area contributed by atoms with E-state index in [0.29, 0.717) is 17.2 Å². The van der Waals surface area contributed by atoms with Crippen molar-refractivity contribution < 1.29 is 22.7 Å². The molecule has 2 saturated carbocycles. The SMILES string of the molecule is CC(C)OC(=O)NC12CCCC(C1)C(c1ncc(-c3ccc(NC(=O)N[C@H](C)c4ccccc4)cc3S(=O)(=O)NC(C)(C)C)s1)CC2. The Morgan fingerprint density at radius 1 is 1.04 bits per heavy atom. The summed E-state index contributed by atoms with van der Waals surface area (Å²) in [5.74, 6) is 0.596. The van der Waals surface area contributed by atoms with Crippen LogP contribution < -0.4 is 20.7 Å². The van der Waals surface area contributed by atoms with E-state index in [-0.39, 0.29) is 34.6 Å². The molecule has 2 aliphatic carbocycles. The maximum absolute atomic E-state index is 13.8. The molecule has 1 aromatic heterocycles. The number of anilines is 1. The molecule has 0 spiro atoms. The van der Waals surface area contributed by atoms with Crippen LogP contribution >= 0.6 is 11.3 Å². The molecule has 4 atom stereocenters. The highest BCUT2D eigenvalue weighted by atomic mass is 32.2. The first-order valence-electron chi connectivity index (χ1n) is 16.4. The number of rotatable bonds is 9. The lowest BCUT2D eigenvalue weighted by molar-refractivity contribution is 0.0678. The van der Waals surface area contributed by atoms with Gasteiger partial charge in [0, 0.05) is 34.4 Å². The number of nitrogens with one attached hydrogen (secondary N) is 4. The van der Waals surface area contributed by atoms with Crippen molar-refractivity contribution in [3.05, 3.63) is 65.3 Å². The summed E-state index contributed by atoms with van der Waals surface area (Å²) in [5.41, 5.74) is 0.880. The quantitative estimate of drug-likeness (QED) is 0.183. The van der Waals surface area contributed by atoms with Crippen LogP contribution in [0.25, 0.3) is 10.4 Å². The van der Waals surface area contributed by atoms with Gasteiger partial charge in [-0.15, -0.1) is 11.3 Å². The lowest BCUT2D eigenvalue weighted by Crippen LogP contribution is -2.54. The van der Waals surface area contributed by atoms with Crippen LogP contribution in [0.15, 0.2) is 59.6 Å². The van der Waals surface area contributed by atoms with Crippen molar-refractivity contribution in [1.82, 2.24) is 20.3 Å². The van der Waals surface area contributed by atoms with E-state index < -0.39 is 21.6 Å². The highest BCUT2D eigenvalue weighted by Gasteiger charge is 2.46. The van der Waals surface area contributed by atoms with Crippen molar-refractivity contribution in [2.75, 3.05) is 5.32 Å². The van der Waals surface area contributed by atoms with Gasteiger partial charge in [0.1, 0.15) is 0 Å². The molecule has 3 aromatic rings. The minimum absolute atomic E-state index is 0.0738. The van der Waals surface area contributed by atoms with E-state index in [0.717, 1.165) is 54.0 Å². The van der Waals surface area contributed by atoms with Crippen molar-refractivity contribution >= 4 is 39.2 Å². The first-order chi connectivity index (χ1) is 22.1. The molecule has 12 heteroatoms. The second kappa shape index (κ2) is 13.9. The molecule has 0 aliphatic heterocycles. The normalized spacial score (nSPS) is 21.9. The van der Waals surface area contributed by atoms with Gasteiger partial charge in [0.2, 0.25) is 10.0 Å². The molecule has 5 rings (SSSR count). The number of amides is 3. The molecule has 0 saturated heterocycles. The number of urea groups is 1. The zero-order valence-electron chi connectivity index (χ0n) is 28.1. The summed E-state index contributed by atoms with van der Waals surface area (Å²) in [6, 6.07) is 13.9. The Hall–Kier alpha value is -3.48. The summed E-state index contributed by atoms with van der Waals surface area (Å²) in [7, 11) is -3.97. The summed E-state index contributed by atoms with van der Waals surface area (Å²) >= 11 is 1.52. The van der Waals surface area contributed by atoms with Crippen LogP contribution in [0, 0.1) is 5.92 Å². The fourth-order valence-corrected chi connectivity index (χ4v) is 9.78. The summed E-state index contributed by atoms with van der Waals surface area (Å²) in [6.45, 7) is 11.0. The van der Waals surface area contributed by atoms with E-state index in [1.807, 2.05) is 51.1 Å². The second-order valence-corrected chi connectivity index (χ2v) is 16.9. The number of hydrogen-bond donors (Lipinski definition) is 4. The number of thiazole rings is 1. The molecule has 2 aromatic carbocycles. The minimum atomic E-state index is -3.97.